The first-order valence-electron chi connectivity index (χ1n) is 9.11. The Morgan fingerprint density at radius 3 is 2.17 bits per heavy atom. The lowest BCUT2D eigenvalue weighted by Gasteiger charge is -2.34. The van der Waals surface area contributed by atoms with Crippen LogP contribution in [0.5, 0.6) is 0 Å². The van der Waals surface area contributed by atoms with Gasteiger partial charge in [-0.2, -0.15) is 4.31 Å². The van der Waals surface area contributed by atoms with Crippen LogP contribution in [0.2, 0.25) is 10.0 Å². The molecule has 0 aliphatic carbocycles. The van der Waals surface area contributed by atoms with Gasteiger partial charge in [-0.3, -0.25) is 9.59 Å². The minimum Gasteiger partial charge on any atom is -0.340 e. The maximum atomic E-state index is 12.8. The summed E-state index contributed by atoms with van der Waals surface area (Å²) in [4.78, 5) is 26.1. The van der Waals surface area contributed by atoms with Gasteiger partial charge in [-0.1, -0.05) is 59.6 Å². The third-order valence-corrected chi connectivity index (χ3v) is 7.66. The molecule has 1 saturated heterocycles. The van der Waals surface area contributed by atoms with Gasteiger partial charge >= 0.3 is 0 Å². The maximum absolute atomic E-state index is 12.8. The summed E-state index contributed by atoms with van der Waals surface area (Å²) in [7, 11) is -3.80. The van der Waals surface area contributed by atoms with Crippen LogP contribution in [0.1, 0.15) is 23.2 Å². The van der Waals surface area contributed by atoms with E-state index < -0.39 is 10.0 Å². The SMILES string of the molecule is O=C(CCC(=O)N1CCN(S(=O)(=O)c2cccc(Cl)c2Cl)CC1)c1ccccc1. The van der Waals surface area contributed by atoms with Gasteiger partial charge in [0.25, 0.3) is 0 Å². The lowest BCUT2D eigenvalue weighted by Crippen LogP contribution is -2.50. The molecule has 0 atom stereocenters. The van der Waals surface area contributed by atoms with Crippen molar-refractivity contribution >= 4 is 44.9 Å². The van der Waals surface area contributed by atoms with Crippen molar-refractivity contribution in [3.63, 3.8) is 0 Å². The van der Waals surface area contributed by atoms with Gasteiger partial charge in [0, 0.05) is 44.6 Å². The van der Waals surface area contributed by atoms with Crippen LogP contribution in [0.4, 0.5) is 0 Å². The van der Waals surface area contributed by atoms with E-state index in [0.29, 0.717) is 5.56 Å². The number of ketones is 1. The first-order valence-corrected chi connectivity index (χ1v) is 11.3. The highest BCUT2D eigenvalue weighted by molar-refractivity contribution is 7.89. The monoisotopic (exact) mass is 454 g/mol. The number of carbonyl (C=O) groups excluding carboxylic acids is 2. The predicted molar refractivity (Wildman–Crippen MR) is 112 cm³/mol. The second-order valence-electron chi connectivity index (χ2n) is 6.63. The quantitative estimate of drug-likeness (QED) is 0.625. The molecule has 1 fully saturated rings. The van der Waals surface area contributed by atoms with Crippen molar-refractivity contribution in [1.29, 1.82) is 0 Å². The van der Waals surface area contributed by atoms with Gasteiger partial charge in [-0.25, -0.2) is 8.42 Å². The van der Waals surface area contributed by atoms with E-state index >= 15 is 0 Å². The first-order chi connectivity index (χ1) is 13.8. The van der Waals surface area contributed by atoms with Crippen molar-refractivity contribution in [3.8, 4) is 0 Å². The minimum absolute atomic E-state index is 0.00732. The Morgan fingerprint density at radius 1 is 0.862 bits per heavy atom. The highest BCUT2D eigenvalue weighted by Crippen LogP contribution is 2.31. The molecule has 2 aromatic rings. The van der Waals surface area contributed by atoms with E-state index in [0.717, 1.165) is 0 Å². The van der Waals surface area contributed by atoms with Gasteiger partial charge in [-0.05, 0) is 12.1 Å². The Hall–Kier alpha value is -1.93. The summed E-state index contributed by atoms with van der Waals surface area (Å²) in [5, 5.41) is 0.164. The summed E-state index contributed by atoms with van der Waals surface area (Å²) in [6.45, 7) is 0.832. The summed E-state index contributed by atoms with van der Waals surface area (Å²) in [6, 6.07) is 13.3. The largest absolute Gasteiger partial charge is 0.340 e. The minimum atomic E-state index is -3.80. The van der Waals surface area contributed by atoms with Crippen molar-refractivity contribution < 1.29 is 18.0 Å². The second kappa shape index (κ2) is 9.26. The highest BCUT2D eigenvalue weighted by Gasteiger charge is 2.31. The molecule has 154 valence electrons. The molecular weight excluding hydrogens is 435 g/mol. The summed E-state index contributed by atoms with van der Waals surface area (Å²) in [6.07, 6.45) is 0.222. The van der Waals surface area contributed by atoms with Gasteiger partial charge < -0.3 is 4.90 Å². The number of amides is 1. The van der Waals surface area contributed by atoms with E-state index in [4.69, 9.17) is 23.2 Å². The molecule has 1 aliphatic heterocycles. The lowest BCUT2D eigenvalue weighted by atomic mass is 10.1. The van der Waals surface area contributed by atoms with Gasteiger partial charge in [-0.15, -0.1) is 0 Å². The number of nitrogens with zero attached hydrogens (tertiary/aromatic N) is 2. The Labute approximate surface area is 180 Å². The van der Waals surface area contributed by atoms with Crippen molar-refractivity contribution in [2.75, 3.05) is 26.2 Å². The van der Waals surface area contributed by atoms with Crippen LogP contribution in [0.25, 0.3) is 0 Å². The molecule has 0 spiro atoms. The molecule has 6 nitrogen and oxygen atoms in total. The van der Waals surface area contributed by atoms with Gasteiger partial charge in [0.15, 0.2) is 5.78 Å². The fraction of sp³-hybridized carbons (Fsp3) is 0.300. The standard InChI is InChI=1S/C20H20Cl2N2O4S/c21-16-7-4-8-18(20(16)22)29(27,28)24-13-11-23(12-14-24)19(26)10-9-17(25)15-5-2-1-3-6-15/h1-8H,9-14H2. The smallest absolute Gasteiger partial charge is 0.244 e. The molecule has 9 heteroatoms. The topological polar surface area (TPSA) is 74.8 Å². The summed E-state index contributed by atoms with van der Waals surface area (Å²) >= 11 is 12.0. The van der Waals surface area contributed by atoms with Crippen molar-refractivity contribution in [2.45, 2.75) is 17.7 Å². The lowest BCUT2D eigenvalue weighted by molar-refractivity contribution is -0.132. The molecule has 1 heterocycles. The zero-order valence-electron chi connectivity index (χ0n) is 15.6. The summed E-state index contributed by atoms with van der Waals surface area (Å²) in [5.41, 5.74) is 0.578. The van der Waals surface area contributed by atoms with E-state index in [1.807, 2.05) is 6.07 Å². The summed E-state index contributed by atoms with van der Waals surface area (Å²) in [5.74, 6) is -0.247. The van der Waals surface area contributed by atoms with Crippen LogP contribution in [0, 0.1) is 0 Å². The van der Waals surface area contributed by atoms with Crippen LogP contribution >= 0.6 is 23.2 Å². The fourth-order valence-electron chi connectivity index (χ4n) is 3.15. The van der Waals surface area contributed by atoms with Crippen LogP contribution in [0.15, 0.2) is 53.4 Å². The number of Topliss-reactive ketones (excluding diaryl/α,β-unsaturated/α-hetero) is 1. The number of halogens is 2. The molecule has 0 unspecified atom stereocenters. The van der Waals surface area contributed by atoms with Gasteiger partial charge in [0.2, 0.25) is 15.9 Å². The zero-order chi connectivity index (χ0) is 21.0. The molecule has 29 heavy (non-hydrogen) atoms. The van der Waals surface area contributed by atoms with E-state index in [-0.39, 0.29) is 65.7 Å². The maximum Gasteiger partial charge on any atom is 0.244 e. The Bertz CT molecular complexity index is 1000. The highest BCUT2D eigenvalue weighted by atomic mass is 35.5. The number of sulfonamides is 1. The van der Waals surface area contributed by atoms with Crippen LogP contribution in [0.3, 0.4) is 0 Å². The van der Waals surface area contributed by atoms with Gasteiger partial charge in [0.1, 0.15) is 4.90 Å². The number of carbonyl (C=O) groups is 2. The number of benzene rings is 2. The van der Waals surface area contributed by atoms with Crippen LogP contribution in [-0.4, -0.2) is 55.5 Å². The third kappa shape index (κ3) is 4.98. The molecule has 2 aromatic carbocycles. The van der Waals surface area contributed by atoms with Crippen molar-refractivity contribution in [3.05, 3.63) is 64.1 Å². The Balaban J connectivity index is 1.56. The molecule has 0 saturated carbocycles. The molecule has 0 radical (unpaired) electrons. The third-order valence-electron chi connectivity index (χ3n) is 4.79. The van der Waals surface area contributed by atoms with Crippen LogP contribution in [-0.2, 0) is 14.8 Å². The predicted octanol–water partition coefficient (Wildman–Crippen LogP) is 3.49. The fourth-order valence-corrected chi connectivity index (χ4v) is 5.31. The number of piperazine rings is 1. The van der Waals surface area contributed by atoms with E-state index in [1.165, 1.54) is 22.5 Å². The molecule has 0 aromatic heterocycles. The van der Waals surface area contributed by atoms with Gasteiger partial charge in [0.05, 0.1) is 10.0 Å². The normalized spacial score (nSPS) is 15.3. The van der Waals surface area contributed by atoms with Crippen molar-refractivity contribution in [1.82, 2.24) is 9.21 Å². The zero-order valence-corrected chi connectivity index (χ0v) is 17.9. The Morgan fingerprint density at radius 2 is 1.52 bits per heavy atom. The average Bonchev–Trinajstić information content (AvgIpc) is 2.74. The van der Waals surface area contributed by atoms with Crippen LogP contribution < -0.4 is 0 Å². The molecule has 1 aliphatic rings. The molecule has 0 bridgehead atoms. The summed E-state index contributed by atoms with van der Waals surface area (Å²) < 4.78 is 27.0. The van der Waals surface area contributed by atoms with E-state index in [9.17, 15) is 18.0 Å². The number of hydrogen-bond donors (Lipinski definition) is 0. The molecular formula is C20H20Cl2N2O4S. The first kappa shape index (κ1) is 21.8. The van der Waals surface area contributed by atoms with E-state index in [1.54, 1.807) is 29.2 Å². The number of hydrogen-bond acceptors (Lipinski definition) is 4. The average molecular weight is 455 g/mol. The second-order valence-corrected chi connectivity index (χ2v) is 9.32. The molecule has 3 rings (SSSR count). The van der Waals surface area contributed by atoms with Crippen molar-refractivity contribution in [2.24, 2.45) is 0 Å². The number of rotatable bonds is 6. The Kier molecular flexibility index (Phi) is 6.95. The van der Waals surface area contributed by atoms with E-state index in [2.05, 4.69) is 0 Å². The molecule has 0 N–H and O–H groups in total. The molecule has 1 amide bonds.